The van der Waals surface area contributed by atoms with E-state index in [1.54, 1.807) is 7.11 Å². The van der Waals surface area contributed by atoms with Gasteiger partial charge in [0.15, 0.2) is 5.78 Å². The molecule has 0 spiro atoms. The molecule has 0 unspecified atom stereocenters. The van der Waals surface area contributed by atoms with Crippen LogP contribution in [0.25, 0.3) is 0 Å². The summed E-state index contributed by atoms with van der Waals surface area (Å²) >= 11 is 0. The maximum absolute atomic E-state index is 11.1. The van der Waals surface area contributed by atoms with Gasteiger partial charge in [-0.15, -0.1) is 0 Å². The maximum Gasteiger partial charge on any atom is 0.158 e. The van der Waals surface area contributed by atoms with Crippen molar-refractivity contribution in [2.24, 2.45) is 0 Å². The average molecular weight is 214 g/mol. The highest BCUT2D eigenvalue weighted by Crippen LogP contribution is 2.09. The molecule has 0 radical (unpaired) electrons. The van der Waals surface area contributed by atoms with Crippen molar-refractivity contribution in [1.29, 1.82) is 0 Å². The zero-order valence-electron chi connectivity index (χ0n) is 10.4. The maximum atomic E-state index is 11.1. The highest BCUT2D eigenvalue weighted by atomic mass is 16.5. The van der Waals surface area contributed by atoms with Crippen LogP contribution >= 0.6 is 0 Å². The number of unbranched alkanes of at least 4 members (excludes halogenated alkanes) is 7. The third kappa shape index (κ3) is 11.6. The van der Waals surface area contributed by atoms with E-state index >= 15 is 0 Å². The summed E-state index contributed by atoms with van der Waals surface area (Å²) in [5, 5.41) is 0. The van der Waals surface area contributed by atoms with Crippen LogP contribution < -0.4 is 0 Å². The topological polar surface area (TPSA) is 26.3 Å². The van der Waals surface area contributed by atoms with Crippen molar-refractivity contribution in [1.82, 2.24) is 0 Å². The Morgan fingerprint density at radius 2 is 1.47 bits per heavy atom. The Bertz CT molecular complexity index is 143. The first kappa shape index (κ1) is 14.6. The van der Waals surface area contributed by atoms with Crippen LogP contribution in [-0.2, 0) is 9.53 Å². The minimum atomic E-state index is 0.239. The lowest BCUT2D eigenvalue weighted by atomic mass is 10.1. The van der Waals surface area contributed by atoms with Gasteiger partial charge in [-0.1, -0.05) is 51.9 Å². The second kappa shape index (κ2) is 11.7. The van der Waals surface area contributed by atoms with Crippen molar-refractivity contribution >= 4 is 5.78 Å². The first-order valence-electron chi connectivity index (χ1n) is 6.32. The Hall–Kier alpha value is -0.370. The SMILES string of the molecule is CCCCCCCCCCC(=O)COC. The van der Waals surface area contributed by atoms with Crippen molar-refractivity contribution in [2.45, 2.75) is 64.7 Å². The monoisotopic (exact) mass is 214 g/mol. The molecule has 0 fully saturated rings. The van der Waals surface area contributed by atoms with Gasteiger partial charge in [-0.25, -0.2) is 0 Å². The molecule has 0 aromatic heterocycles. The van der Waals surface area contributed by atoms with Crippen molar-refractivity contribution in [3.63, 3.8) is 0 Å². The fourth-order valence-corrected chi connectivity index (χ4v) is 1.69. The number of methoxy groups -OCH3 is 1. The molecule has 0 aromatic rings. The van der Waals surface area contributed by atoms with E-state index < -0.39 is 0 Å². The van der Waals surface area contributed by atoms with E-state index in [1.165, 1.54) is 44.9 Å². The summed E-state index contributed by atoms with van der Waals surface area (Å²) in [7, 11) is 1.58. The molecule has 0 aliphatic rings. The zero-order chi connectivity index (χ0) is 11.4. The fraction of sp³-hybridized carbons (Fsp3) is 0.923. The van der Waals surface area contributed by atoms with Crippen molar-refractivity contribution < 1.29 is 9.53 Å². The van der Waals surface area contributed by atoms with E-state index in [-0.39, 0.29) is 12.4 Å². The normalized spacial score (nSPS) is 10.5. The smallest absolute Gasteiger partial charge is 0.158 e. The van der Waals surface area contributed by atoms with Crippen LogP contribution in [0.1, 0.15) is 64.7 Å². The second-order valence-corrected chi connectivity index (χ2v) is 4.20. The van der Waals surface area contributed by atoms with Gasteiger partial charge >= 0.3 is 0 Å². The van der Waals surface area contributed by atoms with Gasteiger partial charge in [0.2, 0.25) is 0 Å². The van der Waals surface area contributed by atoms with Crippen molar-refractivity contribution in [2.75, 3.05) is 13.7 Å². The molecule has 15 heavy (non-hydrogen) atoms. The number of hydrogen-bond acceptors (Lipinski definition) is 2. The summed E-state index contributed by atoms with van der Waals surface area (Å²) in [6.45, 7) is 2.53. The third-order valence-corrected chi connectivity index (χ3v) is 2.61. The molecule has 0 atom stereocenters. The Morgan fingerprint density at radius 1 is 0.933 bits per heavy atom. The fourth-order valence-electron chi connectivity index (χ4n) is 1.69. The summed E-state index contributed by atoms with van der Waals surface area (Å²) in [6, 6.07) is 0. The molecule has 0 heterocycles. The van der Waals surface area contributed by atoms with Gasteiger partial charge in [-0.2, -0.15) is 0 Å². The first-order chi connectivity index (χ1) is 7.31. The van der Waals surface area contributed by atoms with Crippen molar-refractivity contribution in [3.8, 4) is 0 Å². The highest BCUT2D eigenvalue weighted by molar-refractivity contribution is 5.79. The summed E-state index contributed by atoms with van der Waals surface area (Å²) in [4.78, 5) is 11.1. The Balaban J connectivity index is 3.01. The molecular weight excluding hydrogens is 188 g/mol. The van der Waals surface area contributed by atoms with E-state index in [0.29, 0.717) is 6.42 Å². The van der Waals surface area contributed by atoms with Crippen LogP contribution in [0.3, 0.4) is 0 Å². The minimum absolute atomic E-state index is 0.239. The molecule has 0 amide bonds. The van der Waals surface area contributed by atoms with Gasteiger partial charge in [-0.3, -0.25) is 4.79 Å². The van der Waals surface area contributed by atoms with Gasteiger partial charge in [-0.05, 0) is 6.42 Å². The molecule has 0 aliphatic heterocycles. The van der Waals surface area contributed by atoms with Gasteiger partial charge in [0.25, 0.3) is 0 Å². The summed E-state index contributed by atoms with van der Waals surface area (Å²) in [6.07, 6.45) is 11.0. The van der Waals surface area contributed by atoms with Gasteiger partial charge in [0.1, 0.15) is 6.61 Å². The van der Waals surface area contributed by atoms with Gasteiger partial charge < -0.3 is 4.74 Å². The van der Waals surface area contributed by atoms with Gasteiger partial charge in [0.05, 0.1) is 0 Å². The zero-order valence-corrected chi connectivity index (χ0v) is 10.4. The van der Waals surface area contributed by atoms with Crippen LogP contribution in [0, 0.1) is 0 Å². The lowest BCUT2D eigenvalue weighted by Crippen LogP contribution is -2.05. The van der Waals surface area contributed by atoms with E-state index in [4.69, 9.17) is 4.74 Å². The minimum Gasteiger partial charge on any atom is -0.377 e. The second-order valence-electron chi connectivity index (χ2n) is 4.20. The average Bonchev–Trinajstić information content (AvgIpc) is 2.22. The predicted molar refractivity (Wildman–Crippen MR) is 64.1 cm³/mol. The van der Waals surface area contributed by atoms with Crippen molar-refractivity contribution in [3.05, 3.63) is 0 Å². The Labute approximate surface area is 94.4 Å². The van der Waals surface area contributed by atoms with Crippen LogP contribution in [0.4, 0.5) is 0 Å². The van der Waals surface area contributed by atoms with Crippen LogP contribution in [0.2, 0.25) is 0 Å². The number of hydrogen-bond donors (Lipinski definition) is 0. The van der Waals surface area contributed by atoms with E-state index in [9.17, 15) is 4.79 Å². The Morgan fingerprint density at radius 3 is 2.00 bits per heavy atom. The summed E-state index contributed by atoms with van der Waals surface area (Å²) in [5.74, 6) is 0.239. The number of ether oxygens (including phenoxy) is 1. The molecule has 0 N–H and O–H groups in total. The standard InChI is InChI=1S/C13H26O2/c1-3-4-5-6-7-8-9-10-11-13(14)12-15-2/h3-12H2,1-2H3. The molecule has 0 rings (SSSR count). The van der Waals surface area contributed by atoms with Crippen LogP contribution in [0.15, 0.2) is 0 Å². The number of ketones is 1. The van der Waals surface area contributed by atoms with Crippen LogP contribution in [0.5, 0.6) is 0 Å². The molecule has 2 heteroatoms. The molecule has 0 saturated carbocycles. The molecule has 2 nitrogen and oxygen atoms in total. The molecule has 0 saturated heterocycles. The molecular formula is C13H26O2. The molecule has 0 bridgehead atoms. The largest absolute Gasteiger partial charge is 0.377 e. The molecule has 0 aliphatic carbocycles. The third-order valence-electron chi connectivity index (χ3n) is 2.61. The van der Waals surface area contributed by atoms with E-state index in [1.807, 2.05) is 0 Å². The summed E-state index contributed by atoms with van der Waals surface area (Å²) in [5.41, 5.74) is 0. The Kier molecular flexibility index (Phi) is 11.4. The van der Waals surface area contributed by atoms with Crippen LogP contribution in [-0.4, -0.2) is 19.5 Å². The number of carbonyl (C=O) groups excluding carboxylic acids is 1. The lowest BCUT2D eigenvalue weighted by Gasteiger charge is -2.01. The number of rotatable bonds is 11. The quantitative estimate of drug-likeness (QED) is 0.490. The van der Waals surface area contributed by atoms with Gasteiger partial charge in [0, 0.05) is 13.5 Å². The first-order valence-corrected chi connectivity index (χ1v) is 6.32. The highest BCUT2D eigenvalue weighted by Gasteiger charge is 1.99. The lowest BCUT2D eigenvalue weighted by molar-refractivity contribution is -0.122. The van der Waals surface area contributed by atoms with E-state index in [2.05, 4.69) is 6.92 Å². The molecule has 0 aromatic carbocycles. The van der Waals surface area contributed by atoms with E-state index in [0.717, 1.165) is 6.42 Å². The number of Topliss-reactive ketones (excluding diaryl/α,β-unsaturated/α-hetero) is 1. The summed E-state index contributed by atoms with van der Waals surface area (Å²) < 4.78 is 4.78. The molecule has 90 valence electrons. The predicted octanol–water partition coefficient (Wildman–Crippen LogP) is 3.73. The number of carbonyl (C=O) groups is 1.